The molecule has 0 spiro atoms. The van der Waals surface area contributed by atoms with Crippen LogP contribution in [0.2, 0.25) is 0 Å². The van der Waals surface area contributed by atoms with Gasteiger partial charge in [0, 0.05) is 25.1 Å². The Bertz CT molecular complexity index is 1030. The molecule has 0 aromatic heterocycles. The fourth-order valence-corrected chi connectivity index (χ4v) is 4.34. The Balaban J connectivity index is 1.50. The summed E-state index contributed by atoms with van der Waals surface area (Å²) in [5.74, 6) is -0.818. The first kappa shape index (κ1) is 22.1. The van der Waals surface area contributed by atoms with Crippen molar-refractivity contribution in [3.8, 4) is 0 Å². The van der Waals surface area contributed by atoms with Gasteiger partial charge in [-0.05, 0) is 49.9 Å². The number of amides is 1. The van der Waals surface area contributed by atoms with E-state index >= 15 is 0 Å². The van der Waals surface area contributed by atoms with Gasteiger partial charge in [-0.25, -0.2) is 4.39 Å². The quantitative estimate of drug-likeness (QED) is 0.701. The zero-order chi connectivity index (χ0) is 22.7. The molecular formula is C25H28FN3O3. The molecule has 2 aromatic rings. The Morgan fingerprint density at radius 1 is 1.25 bits per heavy atom. The van der Waals surface area contributed by atoms with E-state index in [1.807, 2.05) is 38.1 Å². The molecule has 0 radical (unpaired) electrons. The standard InChI is InChI=1S/C25H28FN3O3/c1-16(2)32-18-9-11-29(12-10-18)25(31)21-13-17(7-8-22(21)26)14-23-19-5-3-4-6-20(19)24(15-30)28-27-23/h3-8,13,15-16,18,24,28H,9-12,14H2,1-2H3. The molecule has 1 N–H and O–H groups in total. The molecule has 0 saturated carbocycles. The lowest BCUT2D eigenvalue weighted by atomic mass is 9.92. The maximum absolute atomic E-state index is 14.6. The summed E-state index contributed by atoms with van der Waals surface area (Å²) in [5.41, 5.74) is 6.22. The van der Waals surface area contributed by atoms with Crippen LogP contribution in [-0.2, 0) is 16.0 Å². The molecule has 1 unspecified atom stereocenters. The molecule has 6 nitrogen and oxygen atoms in total. The van der Waals surface area contributed by atoms with E-state index in [0.29, 0.717) is 19.5 Å². The van der Waals surface area contributed by atoms with Crippen LogP contribution in [0.5, 0.6) is 0 Å². The van der Waals surface area contributed by atoms with Crippen molar-refractivity contribution in [2.75, 3.05) is 13.1 Å². The molecule has 2 aliphatic heterocycles. The fourth-order valence-electron chi connectivity index (χ4n) is 4.34. The molecule has 1 fully saturated rings. The number of hydrazone groups is 1. The first-order valence-corrected chi connectivity index (χ1v) is 11.1. The van der Waals surface area contributed by atoms with Gasteiger partial charge in [0.25, 0.3) is 5.91 Å². The molecule has 7 heteroatoms. The maximum Gasteiger partial charge on any atom is 0.256 e. The number of aldehydes is 1. The number of nitrogens with one attached hydrogen (secondary N) is 1. The summed E-state index contributed by atoms with van der Waals surface area (Å²) in [6.45, 7) is 5.11. The van der Waals surface area contributed by atoms with Gasteiger partial charge in [-0.1, -0.05) is 30.3 Å². The smallest absolute Gasteiger partial charge is 0.256 e. The summed E-state index contributed by atoms with van der Waals surface area (Å²) in [7, 11) is 0. The second-order valence-corrected chi connectivity index (χ2v) is 8.56. The lowest BCUT2D eigenvalue weighted by Crippen LogP contribution is -2.41. The molecule has 1 atom stereocenters. The minimum absolute atomic E-state index is 0.0779. The Labute approximate surface area is 187 Å². The van der Waals surface area contributed by atoms with Gasteiger partial charge in [-0.2, -0.15) is 5.10 Å². The fraction of sp³-hybridized carbons (Fsp3) is 0.400. The average molecular weight is 438 g/mol. The minimum Gasteiger partial charge on any atom is -0.375 e. The van der Waals surface area contributed by atoms with Gasteiger partial charge in [0.15, 0.2) is 0 Å². The summed E-state index contributed by atoms with van der Waals surface area (Å²) >= 11 is 0. The number of nitrogens with zero attached hydrogens (tertiary/aromatic N) is 2. The Hall–Kier alpha value is -3.06. The molecule has 4 rings (SSSR count). The minimum atomic E-state index is -0.524. The molecule has 1 saturated heterocycles. The number of benzene rings is 2. The van der Waals surface area contributed by atoms with Crippen LogP contribution < -0.4 is 5.43 Å². The van der Waals surface area contributed by atoms with Gasteiger partial charge in [-0.3, -0.25) is 10.2 Å². The number of fused-ring (bicyclic) bond motifs is 1. The number of likely N-dealkylation sites (tertiary alicyclic amines) is 1. The number of hydrogen-bond donors (Lipinski definition) is 1. The van der Waals surface area contributed by atoms with Crippen LogP contribution >= 0.6 is 0 Å². The maximum atomic E-state index is 14.6. The Kier molecular flexibility index (Phi) is 6.65. The summed E-state index contributed by atoms with van der Waals surface area (Å²) in [5, 5.41) is 4.37. The van der Waals surface area contributed by atoms with Gasteiger partial charge < -0.3 is 14.4 Å². The topological polar surface area (TPSA) is 71.0 Å². The van der Waals surface area contributed by atoms with E-state index in [2.05, 4.69) is 10.5 Å². The number of piperidine rings is 1. The van der Waals surface area contributed by atoms with E-state index in [0.717, 1.165) is 41.5 Å². The van der Waals surface area contributed by atoms with Crippen LogP contribution in [0.3, 0.4) is 0 Å². The monoisotopic (exact) mass is 437 g/mol. The molecule has 1 amide bonds. The number of carbonyl (C=O) groups excluding carboxylic acids is 2. The second-order valence-electron chi connectivity index (χ2n) is 8.56. The van der Waals surface area contributed by atoms with Crippen LogP contribution in [0.1, 0.15) is 59.8 Å². The van der Waals surface area contributed by atoms with Crippen LogP contribution in [0, 0.1) is 5.82 Å². The number of carbonyl (C=O) groups is 2. The van der Waals surface area contributed by atoms with Crippen LogP contribution in [0.25, 0.3) is 0 Å². The summed E-state index contributed by atoms with van der Waals surface area (Å²) in [6.07, 6.45) is 3.04. The lowest BCUT2D eigenvalue weighted by molar-refractivity contribution is -0.109. The third-order valence-electron chi connectivity index (χ3n) is 5.91. The van der Waals surface area contributed by atoms with E-state index in [4.69, 9.17) is 4.74 Å². The number of rotatable bonds is 6. The van der Waals surface area contributed by atoms with E-state index in [-0.39, 0.29) is 23.7 Å². The molecule has 2 heterocycles. The van der Waals surface area contributed by atoms with Gasteiger partial charge >= 0.3 is 0 Å². The predicted octanol–water partition coefficient (Wildman–Crippen LogP) is 3.65. The Morgan fingerprint density at radius 3 is 2.72 bits per heavy atom. The number of ether oxygens (including phenoxy) is 1. The number of halogens is 1. The summed E-state index contributed by atoms with van der Waals surface area (Å²) < 4.78 is 20.4. The van der Waals surface area contributed by atoms with Crippen molar-refractivity contribution in [2.45, 2.75) is 51.4 Å². The van der Waals surface area contributed by atoms with Crippen molar-refractivity contribution in [3.63, 3.8) is 0 Å². The SMILES string of the molecule is CC(C)OC1CCN(C(=O)c2cc(CC3=NNC(C=O)c4ccccc43)ccc2F)CC1. The van der Waals surface area contributed by atoms with Gasteiger partial charge in [0.05, 0.1) is 23.5 Å². The summed E-state index contributed by atoms with van der Waals surface area (Å²) in [6, 6.07) is 11.7. The third-order valence-corrected chi connectivity index (χ3v) is 5.91. The molecule has 2 aliphatic rings. The largest absolute Gasteiger partial charge is 0.375 e. The van der Waals surface area contributed by atoms with E-state index in [1.54, 1.807) is 17.0 Å². The summed E-state index contributed by atoms with van der Waals surface area (Å²) in [4.78, 5) is 26.1. The molecular weight excluding hydrogens is 409 g/mol. The zero-order valence-corrected chi connectivity index (χ0v) is 18.4. The van der Waals surface area contributed by atoms with Gasteiger partial charge in [0.1, 0.15) is 18.1 Å². The lowest BCUT2D eigenvalue weighted by Gasteiger charge is -2.33. The number of hydrogen-bond acceptors (Lipinski definition) is 5. The molecule has 168 valence electrons. The predicted molar refractivity (Wildman–Crippen MR) is 120 cm³/mol. The zero-order valence-electron chi connectivity index (χ0n) is 18.4. The van der Waals surface area contributed by atoms with E-state index in [1.165, 1.54) is 6.07 Å². The van der Waals surface area contributed by atoms with Crippen LogP contribution in [0.15, 0.2) is 47.6 Å². The third kappa shape index (κ3) is 4.72. The van der Waals surface area contributed by atoms with Crippen molar-refractivity contribution in [3.05, 3.63) is 70.5 Å². The highest BCUT2D eigenvalue weighted by Crippen LogP contribution is 2.24. The second kappa shape index (κ2) is 9.61. The van der Waals surface area contributed by atoms with Crippen molar-refractivity contribution in [1.82, 2.24) is 10.3 Å². The van der Waals surface area contributed by atoms with Gasteiger partial charge in [-0.15, -0.1) is 0 Å². The molecule has 2 aromatic carbocycles. The molecule has 0 aliphatic carbocycles. The van der Waals surface area contributed by atoms with Crippen molar-refractivity contribution < 1.29 is 18.7 Å². The Morgan fingerprint density at radius 2 is 2.00 bits per heavy atom. The van der Waals surface area contributed by atoms with E-state index < -0.39 is 11.9 Å². The first-order valence-electron chi connectivity index (χ1n) is 11.1. The molecule has 32 heavy (non-hydrogen) atoms. The highest BCUT2D eigenvalue weighted by Gasteiger charge is 2.27. The normalized spacial score (nSPS) is 18.7. The molecule has 0 bridgehead atoms. The first-order chi connectivity index (χ1) is 15.5. The highest BCUT2D eigenvalue weighted by molar-refractivity contribution is 6.04. The van der Waals surface area contributed by atoms with Gasteiger partial charge in [0.2, 0.25) is 0 Å². The van der Waals surface area contributed by atoms with Crippen molar-refractivity contribution in [2.24, 2.45) is 5.10 Å². The van der Waals surface area contributed by atoms with E-state index in [9.17, 15) is 14.0 Å². The highest BCUT2D eigenvalue weighted by atomic mass is 19.1. The van der Waals surface area contributed by atoms with Crippen molar-refractivity contribution >= 4 is 17.9 Å². The average Bonchev–Trinajstić information content (AvgIpc) is 2.80. The van der Waals surface area contributed by atoms with Crippen LogP contribution in [0.4, 0.5) is 4.39 Å². The van der Waals surface area contributed by atoms with Crippen LogP contribution in [-0.4, -0.2) is 48.1 Å². The van der Waals surface area contributed by atoms with Crippen molar-refractivity contribution in [1.29, 1.82) is 0 Å².